The van der Waals surface area contributed by atoms with Crippen LogP contribution in [-0.2, 0) is 0 Å². The number of methoxy groups -OCH3 is 1. The predicted molar refractivity (Wildman–Crippen MR) is 138 cm³/mol. The summed E-state index contributed by atoms with van der Waals surface area (Å²) in [5, 5.41) is 2.40. The van der Waals surface area contributed by atoms with Gasteiger partial charge in [-0.1, -0.05) is 0 Å². The van der Waals surface area contributed by atoms with Gasteiger partial charge >= 0.3 is 12.5 Å². The number of halogens is 7. The number of ether oxygens (including phenoxy) is 3. The largest absolute Gasteiger partial charge is 0.573 e. The fourth-order valence-electron chi connectivity index (χ4n) is 4.78. The number of nitrogens with zero attached hydrogens (tertiary/aromatic N) is 1. The molecule has 0 aliphatic heterocycles. The minimum Gasteiger partial charge on any atom is -0.493 e. The summed E-state index contributed by atoms with van der Waals surface area (Å²) in [4.78, 5) is 28.5. The lowest BCUT2D eigenvalue weighted by Gasteiger charge is -2.30. The van der Waals surface area contributed by atoms with E-state index in [1.807, 2.05) is 0 Å². The Morgan fingerprint density at radius 3 is 2.23 bits per heavy atom. The summed E-state index contributed by atoms with van der Waals surface area (Å²) in [6, 6.07) is 7.59. The van der Waals surface area contributed by atoms with E-state index < -0.39 is 59.1 Å². The molecule has 0 saturated heterocycles. The van der Waals surface area contributed by atoms with Crippen molar-refractivity contribution >= 4 is 17.5 Å². The number of alkyl halides is 6. The fourth-order valence-corrected chi connectivity index (χ4v) is 4.78. The lowest BCUT2D eigenvalue weighted by Crippen LogP contribution is -2.27. The third-order valence-electron chi connectivity index (χ3n) is 6.82. The van der Waals surface area contributed by atoms with E-state index in [1.54, 1.807) is 0 Å². The molecule has 0 radical (unpaired) electrons. The third-order valence-corrected chi connectivity index (χ3v) is 6.82. The molecule has 4 rings (SSSR count). The molecule has 2 amide bonds. The first-order chi connectivity index (χ1) is 20.1. The van der Waals surface area contributed by atoms with E-state index in [2.05, 4.69) is 15.0 Å². The van der Waals surface area contributed by atoms with Crippen LogP contribution in [0.3, 0.4) is 0 Å². The van der Waals surface area contributed by atoms with Crippen LogP contribution in [0.2, 0.25) is 0 Å². The van der Waals surface area contributed by atoms with Gasteiger partial charge in [0, 0.05) is 18.0 Å². The molecule has 1 aromatic heterocycles. The van der Waals surface area contributed by atoms with E-state index in [9.17, 15) is 35.9 Å². The van der Waals surface area contributed by atoms with Crippen molar-refractivity contribution in [3.05, 3.63) is 71.3 Å². The van der Waals surface area contributed by atoms with E-state index in [0.29, 0.717) is 0 Å². The monoisotopic (exact) mass is 615 g/mol. The van der Waals surface area contributed by atoms with Crippen molar-refractivity contribution in [2.45, 2.75) is 44.1 Å². The van der Waals surface area contributed by atoms with E-state index in [0.717, 1.165) is 37.4 Å². The first-order valence-corrected chi connectivity index (χ1v) is 12.7. The highest BCUT2D eigenvalue weighted by molar-refractivity contribution is 6.07. The maximum atomic E-state index is 15.6. The van der Waals surface area contributed by atoms with Crippen LogP contribution in [0.1, 0.15) is 58.0 Å². The smallest absolute Gasteiger partial charge is 0.493 e. The molecule has 0 bridgehead atoms. The molecule has 1 saturated carbocycles. The van der Waals surface area contributed by atoms with E-state index >= 15 is 4.39 Å². The summed E-state index contributed by atoms with van der Waals surface area (Å²) in [5.41, 5.74) is 4.68. The molecule has 1 aliphatic carbocycles. The van der Waals surface area contributed by atoms with Crippen LogP contribution in [0, 0.1) is 11.7 Å². The summed E-state index contributed by atoms with van der Waals surface area (Å²) >= 11 is 0. The highest BCUT2D eigenvalue weighted by Gasteiger charge is 2.42. The number of carbonyl (C=O) groups is 2. The maximum absolute atomic E-state index is 15.6. The Balaban J connectivity index is 1.71. The molecule has 43 heavy (non-hydrogen) atoms. The summed E-state index contributed by atoms with van der Waals surface area (Å²) in [5.74, 6) is -6.50. The van der Waals surface area contributed by atoms with Crippen LogP contribution in [0.25, 0.3) is 0 Å². The Labute approximate surface area is 239 Å². The van der Waals surface area contributed by atoms with Crippen LogP contribution < -0.4 is 25.3 Å². The highest BCUT2D eigenvalue weighted by atomic mass is 19.4. The van der Waals surface area contributed by atoms with Crippen LogP contribution in [0.4, 0.5) is 36.4 Å². The highest BCUT2D eigenvalue weighted by Crippen LogP contribution is 2.45. The number of hydrogen-bond donors (Lipinski definition) is 2. The van der Waals surface area contributed by atoms with Crippen molar-refractivity contribution in [3.8, 4) is 23.0 Å². The van der Waals surface area contributed by atoms with Gasteiger partial charge in [0.05, 0.1) is 13.0 Å². The number of pyridine rings is 1. The summed E-state index contributed by atoms with van der Waals surface area (Å²) in [6.45, 7) is 0. The van der Waals surface area contributed by atoms with Gasteiger partial charge in [-0.25, -0.2) is 4.39 Å². The number of benzene rings is 2. The summed E-state index contributed by atoms with van der Waals surface area (Å²) in [6.07, 6.45) is -8.34. The predicted octanol–water partition coefficient (Wildman–Crippen LogP) is 7.11. The number of hydrogen-bond acceptors (Lipinski definition) is 6. The summed E-state index contributed by atoms with van der Waals surface area (Å²) < 4.78 is 108. The molecule has 3 N–H and O–H groups in total. The van der Waals surface area contributed by atoms with Gasteiger partial charge in [-0.15, -0.1) is 13.2 Å². The molecule has 1 aliphatic rings. The second kappa shape index (κ2) is 12.4. The van der Waals surface area contributed by atoms with E-state index in [4.69, 9.17) is 15.2 Å². The van der Waals surface area contributed by atoms with Crippen LogP contribution >= 0.6 is 0 Å². The molecule has 2 aromatic carbocycles. The Morgan fingerprint density at radius 1 is 0.930 bits per heavy atom. The second-order valence-electron chi connectivity index (χ2n) is 9.68. The maximum Gasteiger partial charge on any atom is 0.573 e. The minimum absolute atomic E-state index is 0.0277. The quantitative estimate of drug-likeness (QED) is 0.261. The molecule has 0 atom stereocenters. The Morgan fingerprint density at radius 2 is 1.63 bits per heavy atom. The number of amides is 2. The Kier molecular flexibility index (Phi) is 9.01. The molecule has 0 spiro atoms. The van der Waals surface area contributed by atoms with Gasteiger partial charge in [-0.2, -0.15) is 13.2 Å². The van der Waals surface area contributed by atoms with Gasteiger partial charge in [0.1, 0.15) is 28.6 Å². The molecule has 0 unspecified atom stereocenters. The van der Waals surface area contributed by atoms with Crippen LogP contribution in [0.15, 0.2) is 48.7 Å². The number of anilines is 1. The van der Waals surface area contributed by atoms with Gasteiger partial charge in [0.15, 0.2) is 11.5 Å². The molecule has 230 valence electrons. The van der Waals surface area contributed by atoms with Gasteiger partial charge in [0.25, 0.3) is 11.8 Å². The number of rotatable bonds is 8. The van der Waals surface area contributed by atoms with Crippen LogP contribution in [-0.4, -0.2) is 36.4 Å². The number of primary amides is 1. The molecule has 1 fully saturated rings. The van der Waals surface area contributed by atoms with Crippen molar-refractivity contribution in [1.82, 2.24) is 4.98 Å². The zero-order valence-electron chi connectivity index (χ0n) is 22.3. The zero-order valence-corrected chi connectivity index (χ0v) is 22.3. The van der Waals surface area contributed by atoms with E-state index in [-0.39, 0.29) is 54.1 Å². The van der Waals surface area contributed by atoms with Gasteiger partial charge in [-0.3, -0.25) is 14.6 Å². The first-order valence-electron chi connectivity index (χ1n) is 12.7. The molecule has 15 heteroatoms. The standard InChI is InChI=1S/C28H24F7N3O5/c1-41-22-13-18(43-28(33,34)35)6-7-21(22)42-23-11-15(14-2-4-16(5-3-14)27(30,31)32)10-19(29)24(23)26(40)38-17-8-9-37-20(12-17)25(36)39/h6-14,16H,2-5H2,1H3,(H2,36,39)(H,37,38,40)/t14-,16-. The number of nitrogens with one attached hydrogen (secondary N) is 1. The average Bonchev–Trinajstić information content (AvgIpc) is 2.92. The van der Waals surface area contributed by atoms with Gasteiger partial charge < -0.3 is 25.3 Å². The molecular formula is C28H24F7N3O5. The van der Waals surface area contributed by atoms with Crippen molar-refractivity contribution in [2.75, 3.05) is 12.4 Å². The fraction of sp³-hybridized carbons (Fsp3) is 0.321. The lowest BCUT2D eigenvalue weighted by atomic mass is 9.78. The van der Waals surface area contributed by atoms with Gasteiger partial charge in [-0.05, 0) is 73.6 Å². The average molecular weight is 616 g/mol. The first kappa shape index (κ1) is 31.4. The van der Waals surface area contributed by atoms with Crippen molar-refractivity contribution in [1.29, 1.82) is 0 Å². The second-order valence-corrected chi connectivity index (χ2v) is 9.68. The minimum atomic E-state index is -5.00. The van der Waals surface area contributed by atoms with Crippen molar-refractivity contribution in [3.63, 3.8) is 0 Å². The van der Waals surface area contributed by atoms with Crippen LogP contribution in [0.5, 0.6) is 23.0 Å². The zero-order chi connectivity index (χ0) is 31.5. The molecule has 8 nitrogen and oxygen atoms in total. The van der Waals surface area contributed by atoms with Crippen molar-refractivity contribution < 1.29 is 54.5 Å². The van der Waals surface area contributed by atoms with Crippen molar-refractivity contribution in [2.24, 2.45) is 11.7 Å². The normalized spacial score (nSPS) is 17.2. The Hall–Kier alpha value is -4.56. The topological polar surface area (TPSA) is 113 Å². The number of nitrogens with two attached hydrogens (primary N) is 1. The Bertz CT molecular complexity index is 1500. The summed E-state index contributed by atoms with van der Waals surface area (Å²) in [7, 11) is 1.13. The third kappa shape index (κ3) is 7.84. The van der Waals surface area contributed by atoms with E-state index in [1.165, 1.54) is 18.3 Å². The molecule has 3 aromatic rings. The number of aromatic nitrogens is 1. The molecular weight excluding hydrogens is 591 g/mol. The molecule has 1 heterocycles. The lowest BCUT2D eigenvalue weighted by molar-refractivity contribution is -0.274. The van der Waals surface area contributed by atoms with Gasteiger partial charge in [0.2, 0.25) is 0 Å². The number of carbonyl (C=O) groups excluding carboxylic acids is 2. The SMILES string of the molecule is COc1cc(OC(F)(F)F)ccc1Oc1cc([C@H]2CC[C@H](C(F)(F)F)CC2)cc(F)c1C(=O)Nc1ccnc(C(N)=O)c1.